The van der Waals surface area contributed by atoms with E-state index in [1.165, 1.54) is 32.1 Å². The monoisotopic (exact) mass is 327 g/mol. The lowest BCUT2D eigenvalue weighted by Crippen LogP contribution is -2.16. The lowest BCUT2D eigenvalue weighted by Gasteiger charge is -2.27. The first kappa shape index (κ1) is 14.7. The molecule has 1 aliphatic rings. The van der Waals surface area contributed by atoms with Crippen molar-refractivity contribution in [1.82, 2.24) is 9.97 Å². The van der Waals surface area contributed by atoms with Crippen LogP contribution < -0.4 is 5.73 Å². The highest BCUT2D eigenvalue weighted by Crippen LogP contribution is 2.36. The van der Waals surface area contributed by atoms with E-state index < -0.39 is 0 Å². The normalized spacial score (nSPS) is 23.5. The van der Waals surface area contributed by atoms with E-state index >= 15 is 0 Å². The van der Waals surface area contributed by atoms with Crippen LogP contribution in [0.3, 0.4) is 0 Å². The molecule has 1 heterocycles. The molecule has 5 heteroatoms. The predicted molar refractivity (Wildman–Crippen MR) is 79.8 cm³/mol. The second kappa shape index (κ2) is 6.66. The second-order valence-corrected chi connectivity index (χ2v) is 6.08. The largest absolute Gasteiger partial charge is 0.383 e. The van der Waals surface area contributed by atoms with Crippen molar-refractivity contribution in [3.8, 4) is 0 Å². The summed E-state index contributed by atoms with van der Waals surface area (Å²) in [4.78, 5) is 9.09. The van der Waals surface area contributed by atoms with Gasteiger partial charge in [0.25, 0.3) is 0 Å². The summed E-state index contributed by atoms with van der Waals surface area (Å²) in [7, 11) is 1.66. The number of nitrogens with zero attached hydrogens (tertiary/aromatic N) is 2. The first-order chi connectivity index (χ1) is 9.15. The van der Waals surface area contributed by atoms with Gasteiger partial charge in [0.2, 0.25) is 0 Å². The van der Waals surface area contributed by atoms with Crippen LogP contribution in [0, 0.1) is 5.92 Å². The minimum Gasteiger partial charge on any atom is -0.383 e. The molecular weight excluding hydrogens is 306 g/mol. The highest BCUT2D eigenvalue weighted by atomic mass is 79.9. The predicted octanol–water partition coefficient (Wildman–Crippen LogP) is 3.65. The summed E-state index contributed by atoms with van der Waals surface area (Å²) in [6.45, 7) is 2.74. The maximum absolute atomic E-state index is 5.96. The molecule has 0 unspecified atom stereocenters. The van der Waals surface area contributed by atoms with Crippen LogP contribution in [0.15, 0.2) is 4.47 Å². The second-order valence-electron chi connectivity index (χ2n) is 5.29. The lowest BCUT2D eigenvalue weighted by atomic mass is 9.80. The van der Waals surface area contributed by atoms with Gasteiger partial charge in [0.15, 0.2) is 0 Å². The zero-order valence-corrected chi connectivity index (χ0v) is 13.2. The molecule has 1 aromatic rings. The quantitative estimate of drug-likeness (QED) is 0.916. The summed E-state index contributed by atoms with van der Waals surface area (Å²) >= 11 is 3.43. The van der Waals surface area contributed by atoms with Crippen LogP contribution in [-0.2, 0) is 11.3 Å². The average molecular weight is 328 g/mol. The zero-order valence-electron chi connectivity index (χ0n) is 11.7. The van der Waals surface area contributed by atoms with E-state index in [-0.39, 0.29) is 0 Å². The molecule has 0 saturated heterocycles. The summed E-state index contributed by atoms with van der Waals surface area (Å²) in [6, 6.07) is 0. The first-order valence-electron chi connectivity index (χ1n) is 6.96. The van der Waals surface area contributed by atoms with E-state index in [0.717, 1.165) is 21.9 Å². The number of aromatic nitrogens is 2. The van der Waals surface area contributed by atoms with Gasteiger partial charge in [-0.3, -0.25) is 0 Å². The Morgan fingerprint density at radius 2 is 1.95 bits per heavy atom. The summed E-state index contributed by atoms with van der Waals surface area (Å²) in [5.41, 5.74) is 6.81. The molecular formula is C14H22BrN3O. The van der Waals surface area contributed by atoms with Gasteiger partial charge in [-0.2, -0.15) is 0 Å². The van der Waals surface area contributed by atoms with Gasteiger partial charge in [-0.15, -0.1) is 0 Å². The Bertz CT molecular complexity index is 431. The van der Waals surface area contributed by atoms with Gasteiger partial charge in [-0.05, 0) is 47.5 Å². The Hall–Kier alpha value is -0.680. The molecule has 1 saturated carbocycles. The van der Waals surface area contributed by atoms with Crippen LogP contribution in [0.4, 0.5) is 5.82 Å². The SMILES string of the molecule is CCC1CCC(c2nc(N)c(Br)c(COC)n2)CC1. The number of halogens is 1. The molecule has 0 bridgehead atoms. The highest BCUT2D eigenvalue weighted by molar-refractivity contribution is 9.10. The fraction of sp³-hybridized carbons (Fsp3) is 0.714. The molecule has 106 valence electrons. The molecule has 2 rings (SSSR count). The Kier molecular flexibility index (Phi) is 5.16. The number of hydrogen-bond acceptors (Lipinski definition) is 4. The van der Waals surface area contributed by atoms with E-state index in [0.29, 0.717) is 18.3 Å². The number of hydrogen-bond donors (Lipinski definition) is 1. The molecule has 0 radical (unpaired) electrons. The molecule has 0 atom stereocenters. The number of anilines is 1. The molecule has 0 spiro atoms. The number of rotatable bonds is 4. The number of ether oxygens (including phenoxy) is 1. The van der Waals surface area contributed by atoms with Crippen molar-refractivity contribution in [2.24, 2.45) is 5.92 Å². The molecule has 0 aliphatic heterocycles. The first-order valence-corrected chi connectivity index (χ1v) is 7.75. The van der Waals surface area contributed by atoms with E-state index in [1.54, 1.807) is 7.11 Å². The fourth-order valence-corrected chi connectivity index (χ4v) is 3.07. The molecule has 2 N–H and O–H groups in total. The van der Waals surface area contributed by atoms with Crippen molar-refractivity contribution in [2.45, 2.75) is 51.6 Å². The number of nitrogen functional groups attached to an aromatic ring is 1. The van der Waals surface area contributed by atoms with Gasteiger partial charge in [0, 0.05) is 13.0 Å². The third-order valence-corrected chi connectivity index (χ3v) is 4.90. The van der Waals surface area contributed by atoms with Crippen LogP contribution in [0.2, 0.25) is 0 Å². The topological polar surface area (TPSA) is 61.0 Å². The molecule has 1 aliphatic carbocycles. The molecule has 1 aromatic heterocycles. The van der Waals surface area contributed by atoms with E-state index in [2.05, 4.69) is 32.8 Å². The van der Waals surface area contributed by atoms with Crippen molar-refractivity contribution in [2.75, 3.05) is 12.8 Å². The van der Waals surface area contributed by atoms with E-state index in [1.807, 2.05) is 0 Å². The minimum atomic E-state index is 0.453. The molecule has 0 aromatic carbocycles. The summed E-state index contributed by atoms with van der Waals surface area (Å²) in [5.74, 6) is 2.74. The smallest absolute Gasteiger partial charge is 0.141 e. The average Bonchev–Trinajstić information content (AvgIpc) is 2.44. The van der Waals surface area contributed by atoms with Crippen LogP contribution in [0.1, 0.15) is 56.5 Å². The van der Waals surface area contributed by atoms with Gasteiger partial charge in [-0.1, -0.05) is 13.3 Å². The van der Waals surface area contributed by atoms with Crippen LogP contribution >= 0.6 is 15.9 Å². The summed E-state index contributed by atoms with van der Waals surface area (Å²) in [5, 5.41) is 0. The Labute approximate surface area is 123 Å². The number of methoxy groups -OCH3 is 1. The van der Waals surface area contributed by atoms with Gasteiger partial charge < -0.3 is 10.5 Å². The third-order valence-electron chi connectivity index (χ3n) is 4.03. The molecule has 19 heavy (non-hydrogen) atoms. The summed E-state index contributed by atoms with van der Waals surface area (Å²) < 4.78 is 5.93. The zero-order chi connectivity index (χ0) is 13.8. The van der Waals surface area contributed by atoms with Crippen LogP contribution in [0.25, 0.3) is 0 Å². The molecule has 0 amide bonds. The minimum absolute atomic E-state index is 0.453. The standard InChI is InChI=1S/C14H22BrN3O/c1-3-9-4-6-10(7-5-9)14-17-11(8-19-2)12(15)13(16)18-14/h9-10H,3-8H2,1-2H3,(H2,16,17,18). The van der Waals surface area contributed by atoms with Gasteiger partial charge in [-0.25, -0.2) is 9.97 Å². The Morgan fingerprint density at radius 1 is 1.26 bits per heavy atom. The van der Waals surface area contributed by atoms with Gasteiger partial charge in [0.05, 0.1) is 16.8 Å². The Morgan fingerprint density at radius 3 is 2.53 bits per heavy atom. The highest BCUT2D eigenvalue weighted by Gasteiger charge is 2.24. The fourth-order valence-electron chi connectivity index (χ4n) is 2.78. The van der Waals surface area contributed by atoms with Gasteiger partial charge >= 0.3 is 0 Å². The van der Waals surface area contributed by atoms with Crippen molar-refractivity contribution in [3.63, 3.8) is 0 Å². The van der Waals surface area contributed by atoms with Gasteiger partial charge in [0.1, 0.15) is 11.6 Å². The maximum atomic E-state index is 5.96. The van der Waals surface area contributed by atoms with Crippen molar-refractivity contribution < 1.29 is 4.74 Å². The Balaban J connectivity index is 2.16. The van der Waals surface area contributed by atoms with E-state index in [4.69, 9.17) is 10.5 Å². The van der Waals surface area contributed by atoms with Crippen LogP contribution in [-0.4, -0.2) is 17.1 Å². The van der Waals surface area contributed by atoms with Crippen molar-refractivity contribution in [1.29, 1.82) is 0 Å². The molecule has 4 nitrogen and oxygen atoms in total. The van der Waals surface area contributed by atoms with Crippen LogP contribution in [0.5, 0.6) is 0 Å². The molecule has 1 fully saturated rings. The lowest BCUT2D eigenvalue weighted by molar-refractivity contribution is 0.180. The van der Waals surface area contributed by atoms with Crippen molar-refractivity contribution in [3.05, 3.63) is 16.0 Å². The number of nitrogens with two attached hydrogens (primary N) is 1. The van der Waals surface area contributed by atoms with Crippen molar-refractivity contribution >= 4 is 21.7 Å². The third kappa shape index (κ3) is 3.45. The maximum Gasteiger partial charge on any atom is 0.141 e. The van der Waals surface area contributed by atoms with E-state index in [9.17, 15) is 0 Å². The summed E-state index contributed by atoms with van der Waals surface area (Å²) in [6.07, 6.45) is 6.18.